The number of nitrogens with zero attached hydrogens (tertiary/aromatic N) is 1. The van der Waals surface area contributed by atoms with E-state index in [0.29, 0.717) is 18.5 Å². The van der Waals surface area contributed by atoms with E-state index in [2.05, 4.69) is 0 Å². The van der Waals surface area contributed by atoms with Crippen molar-refractivity contribution < 1.29 is 18.6 Å². The standard InChI is InChI=1S/C12H19NO4S2/c1-8(2)10-7-18-12(11(10)15)19(16,17)13-5-3-4-9(13)6-14/h7-9,14-15H,3-6H2,1-2H3/t9-/m1/s1. The van der Waals surface area contributed by atoms with Gasteiger partial charge in [0.1, 0.15) is 5.75 Å². The SMILES string of the molecule is CC(C)c1csc(S(=O)(=O)N2CCC[C@@H]2CO)c1O. The Balaban J connectivity index is 2.40. The summed E-state index contributed by atoms with van der Waals surface area (Å²) in [5.74, 6) is -0.0593. The molecule has 0 aromatic carbocycles. The predicted molar refractivity (Wildman–Crippen MR) is 74.1 cm³/mol. The zero-order valence-electron chi connectivity index (χ0n) is 11.0. The summed E-state index contributed by atoms with van der Waals surface area (Å²) in [6, 6.07) is -0.367. The van der Waals surface area contributed by atoms with Crippen LogP contribution in [0.1, 0.15) is 38.2 Å². The molecule has 1 fully saturated rings. The Kier molecular flexibility index (Phi) is 4.20. The van der Waals surface area contributed by atoms with Crippen molar-refractivity contribution in [3.05, 3.63) is 10.9 Å². The van der Waals surface area contributed by atoms with Crippen LogP contribution in [0, 0.1) is 0 Å². The molecule has 2 N–H and O–H groups in total. The molecule has 0 radical (unpaired) electrons. The van der Waals surface area contributed by atoms with Crippen LogP contribution in [0.4, 0.5) is 0 Å². The van der Waals surface area contributed by atoms with Crippen molar-refractivity contribution in [2.75, 3.05) is 13.2 Å². The second-order valence-corrected chi connectivity index (χ2v) is 8.04. The number of rotatable bonds is 4. The highest BCUT2D eigenvalue weighted by Crippen LogP contribution is 2.40. The molecule has 0 spiro atoms. The average Bonchev–Trinajstić information content (AvgIpc) is 2.94. The molecule has 0 bridgehead atoms. The number of hydrogen-bond donors (Lipinski definition) is 2. The topological polar surface area (TPSA) is 77.8 Å². The van der Waals surface area contributed by atoms with E-state index in [4.69, 9.17) is 0 Å². The van der Waals surface area contributed by atoms with Crippen LogP contribution in [0.3, 0.4) is 0 Å². The molecular weight excluding hydrogens is 286 g/mol. The van der Waals surface area contributed by atoms with E-state index in [1.165, 1.54) is 4.31 Å². The summed E-state index contributed by atoms with van der Waals surface area (Å²) in [6.07, 6.45) is 1.41. The zero-order valence-corrected chi connectivity index (χ0v) is 12.7. The van der Waals surface area contributed by atoms with Crippen LogP contribution < -0.4 is 0 Å². The van der Waals surface area contributed by atoms with Crippen molar-refractivity contribution in [1.29, 1.82) is 0 Å². The van der Waals surface area contributed by atoms with Gasteiger partial charge in [0.05, 0.1) is 6.61 Å². The number of aliphatic hydroxyl groups is 1. The molecule has 19 heavy (non-hydrogen) atoms. The third kappa shape index (κ3) is 2.52. The van der Waals surface area contributed by atoms with Gasteiger partial charge in [-0.1, -0.05) is 13.8 Å². The summed E-state index contributed by atoms with van der Waals surface area (Å²) in [7, 11) is -3.70. The first-order valence-corrected chi connectivity index (χ1v) is 8.64. The normalized spacial score (nSPS) is 21.4. The zero-order chi connectivity index (χ0) is 14.2. The van der Waals surface area contributed by atoms with Crippen molar-refractivity contribution >= 4 is 21.4 Å². The molecule has 2 heterocycles. The van der Waals surface area contributed by atoms with Crippen LogP contribution in [-0.4, -0.2) is 42.1 Å². The second-order valence-electron chi connectivity index (χ2n) is 5.08. The lowest BCUT2D eigenvalue weighted by Gasteiger charge is -2.21. The van der Waals surface area contributed by atoms with Gasteiger partial charge in [0.15, 0.2) is 4.21 Å². The molecule has 1 aromatic rings. The number of aliphatic hydroxyl groups excluding tert-OH is 1. The van der Waals surface area contributed by atoms with Gasteiger partial charge >= 0.3 is 0 Å². The van der Waals surface area contributed by atoms with Crippen molar-refractivity contribution in [3.63, 3.8) is 0 Å². The quantitative estimate of drug-likeness (QED) is 0.888. The fraction of sp³-hybridized carbons (Fsp3) is 0.667. The summed E-state index contributed by atoms with van der Waals surface area (Å²) in [5.41, 5.74) is 0.656. The van der Waals surface area contributed by atoms with Gasteiger partial charge in [-0.3, -0.25) is 0 Å². The van der Waals surface area contributed by atoms with Crippen molar-refractivity contribution in [2.24, 2.45) is 0 Å². The Labute approximate surface area is 117 Å². The molecule has 0 amide bonds. The lowest BCUT2D eigenvalue weighted by Crippen LogP contribution is -2.37. The molecule has 0 saturated carbocycles. The van der Waals surface area contributed by atoms with Crippen molar-refractivity contribution in [2.45, 2.75) is 42.9 Å². The maximum atomic E-state index is 12.5. The maximum absolute atomic E-state index is 12.5. The van der Waals surface area contributed by atoms with E-state index < -0.39 is 10.0 Å². The van der Waals surface area contributed by atoms with Crippen LogP contribution in [0.5, 0.6) is 5.75 Å². The Morgan fingerprint density at radius 3 is 2.74 bits per heavy atom. The number of hydrogen-bond acceptors (Lipinski definition) is 5. The highest BCUT2D eigenvalue weighted by atomic mass is 32.2. The molecule has 2 rings (SSSR count). The molecule has 108 valence electrons. The van der Waals surface area contributed by atoms with Gasteiger partial charge in [0.2, 0.25) is 0 Å². The van der Waals surface area contributed by atoms with E-state index in [0.717, 1.165) is 17.8 Å². The number of sulfonamides is 1. The van der Waals surface area contributed by atoms with Crippen LogP contribution in [0.25, 0.3) is 0 Å². The van der Waals surface area contributed by atoms with Crippen molar-refractivity contribution in [3.8, 4) is 5.75 Å². The van der Waals surface area contributed by atoms with Crippen LogP contribution in [0.2, 0.25) is 0 Å². The van der Waals surface area contributed by atoms with E-state index >= 15 is 0 Å². The van der Waals surface area contributed by atoms with Gasteiger partial charge in [-0.2, -0.15) is 4.31 Å². The molecule has 5 nitrogen and oxygen atoms in total. The molecule has 1 aromatic heterocycles. The number of thiophene rings is 1. The van der Waals surface area contributed by atoms with Crippen LogP contribution >= 0.6 is 11.3 Å². The van der Waals surface area contributed by atoms with Gasteiger partial charge in [0.25, 0.3) is 10.0 Å². The minimum absolute atomic E-state index is 0.00319. The average molecular weight is 305 g/mol. The molecule has 1 aliphatic heterocycles. The summed E-state index contributed by atoms with van der Waals surface area (Å²) in [6.45, 7) is 4.04. The monoisotopic (exact) mass is 305 g/mol. The highest BCUT2D eigenvalue weighted by Gasteiger charge is 2.37. The fourth-order valence-corrected chi connectivity index (χ4v) is 5.63. The van der Waals surface area contributed by atoms with Gasteiger partial charge in [-0.15, -0.1) is 11.3 Å². The van der Waals surface area contributed by atoms with Crippen LogP contribution in [0.15, 0.2) is 9.59 Å². The predicted octanol–water partition coefficient (Wildman–Crippen LogP) is 1.72. The third-order valence-electron chi connectivity index (χ3n) is 3.46. The fourth-order valence-electron chi connectivity index (χ4n) is 2.35. The molecule has 1 saturated heterocycles. The van der Waals surface area contributed by atoms with Gasteiger partial charge in [-0.25, -0.2) is 8.42 Å². The first-order valence-electron chi connectivity index (χ1n) is 6.32. The summed E-state index contributed by atoms with van der Waals surface area (Å²) in [5, 5.41) is 21.0. The van der Waals surface area contributed by atoms with Crippen molar-refractivity contribution in [1.82, 2.24) is 4.31 Å². The molecular formula is C12H19NO4S2. The van der Waals surface area contributed by atoms with E-state index in [1.54, 1.807) is 5.38 Å². The number of aromatic hydroxyl groups is 1. The Bertz CT molecular complexity index is 550. The molecule has 0 aliphatic carbocycles. The van der Waals surface area contributed by atoms with E-state index in [1.807, 2.05) is 13.8 Å². The second kappa shape index (κ2) is 5.40. The van der Waals surface area contributed by atoms with Gasteiger partial charge in [-0.05, 0) is 24.1 Å². The van der Waals surface area contributed by atoms with Crippen LogP contribution in [-0.2, 0) is 10.0 Å². The lowest BCUT2D eigenvalue weighted by molar-refractivity contribution is 0.213. The molecule has 7 heteroatoms. The first-order chi connectivity index (χ1) is 8.89. The summed E-state index contributed by atoms with van der Waals surface area (Å²) in [4.78, 5) is 0. The minimum atomic E-state index is -3.70. The molecule has 1 aliphatic rings. The summed E-state index contributed by atoms with van der Waals surface area (Å²) >= 11 is 1.05. The Morgan fingerprint density at radius 1 is 1.53 bits per heavy atom. The Hall–Kier alpha value is -0.630. The summed E-state index contributed by atoms with van der Waals surface area (Å²) < 4.78 is 26.4. The highest BCUT2D eigenvalue weighted by molar-refractivity contribution is 7.91. The maximum Gasteiger partial charge on any atom is 0.256 e. The minimum Gasteiger partial charge on any atom is -0.505 e. The first kappa shape index (κ1) is 14.8. The van der Waals surface area contributed by atoms with E-state index in [9.17, 15) is 18.6 Å². The largest absolute Gasteiger partial charge is 0.505 e. The lowest BCUT2D eigenvalue weighted by atomic mass is 10.1. The van der Waals surface area contributed by atoms with Gasteiger partial charge < -0.3 is 10.2 Å². The smallest absolute Gasteiger partial charge is 0.256 e. The van der Waals surface area contributed by atoms with Gasteiger partial charge in [0, 0.05) is 18.2 Å². The molecule has 0 unspecified atom stereocenters. The Morgan fingerprint density at radius 2 is 2.21 bits per heavy atom. The molecule has 1 atom stereocenters. The third-order valence-corrected chi connectivity index (χ3v) is 6.92. The van der Waals surface area contributed by atoms with E-state index in [-0.39, 0.29) is 28.5 Å².